The number of amides is 2. The molecule has 2 aromatic carbocycles. The summed E-state index contributed by atoms with van der Waals surface area (Å²) >= 11 is 0. The van der Waals surface area contributed by atoms with Crippen LogP contribution in [-0.2, 0) is 28.4 Å². The van der Waals surface area contributed by atoms with Gasteiger partial charge in [-0.2, -0.15) is 39.5 Å². The number of aliphatic hydroxyl groups excluding tert-OH is 1. The SMILES string of the molecule is CC[C@]1(C(F)(F)F)C[C@H](N(Cc2cc(C(F)(F)F)cc(C(F)(F)F)c2)C(=O)OC)c2ccccc2N1C(=O)OCCO. The van der Waals surface area contributed by atoms with Crippen molar-refractivity contribution in [3.8, 4) is 0 Å². The molecule has 2 atom stereocenters. The molecule has 3 rings (SSSR count). The zero-order valence-electron chi connectivity index (χ0n) is 22.0. The lowest BCUT2D eigenvalue weighted by Gasteiger charge is -2.51. The highest BCUT2D eigenvalue weighted by atomic mass is 19.4. The van der Waals surface area contributed by atoms with Crippen LogP contribution in [0, 0.1) is 0 Å². The van der Waals surface area contributed by atoms with Gasteiger partial charge in [-0.3, -0.25) is 9.80 Å². The van der Waals surface area contributed by atoms with Gasteiger partial charge in [0.25, 0.3) is 0 Å². The Bertz CT molecular complexity index is 1260. The lowest BCUT2D eigenvalue weighted by atomic mass is 9.78. The predicted molar refractivity (Wildman–Crippen MR) is 128 cm³/mol. The molecular formula is C26H25F9N2O5. The second-order valence-electron chi connectivity index (χ2n) is 9.35. The number of para-hydroxylation sites is 1. The fourth-order valence-electron chi connectivity index (χ4n) is 4.95. The van der Waals surface area contributed by atoms with E-state index in [0.717, 1.165) is 20.1 Å². The molecular weight excluding hydrogens is 591 g/mol. The summed E-state index contributed by atoms with van der Waals surface area (Å²) in [6.07, 6.45) is -20.3. The van der Waals surface area contributed by atoms with Crippen molar-refractivity contribution in [1.82, 2.24) is 4.90 Å². The third-order valence-corrected chi connectivity index (χ3v) is 6.89. The van der Waals surface area contributed by atoms with E-state index in [-0.39, 0.29) is 17.3 Å². The van der Waals surface area contributed by atoms with Gasteiger partial charge in [-0.05, 0) is 41.8 Å². The summed E-state index contributed by atoms with van der Waals surface area (Å²) in [4.78, 5) is 26.8. The highest BCUT2D eigenvalue weighted by Crippen LogP contribution is 2.53. The average molecular weight is 616 g/mol. The lowest BCUT2D eigenvalue weighted by Crippen LogP contribution is -2.65. The smallest absolute Gasteiger partial charge is 0.416 e. The van der Waals surface area contributed by atoms with Gasteiger partial charge < -0.3 is 14.6 Å². The zero-order chi connectivity index (χ0) is 31.7. The molecule has 1 N–H and O–H groups in total. The summed E-state index contributed by atoms with van der Waals surface area (Å²) in [5.41, 5.74) is -7.55. The first kappa shape index (κ1) is 32.8. The number of benzene rings is 2. The molecule has 2 amide bonds. The van der Waals surface area contributed by atoms with E-state index in [9.17, 15) is 49.1 Å². The third kappa shape index (κ3) is 6.37. The number of nitrogens with zero attached hydrogens (tertiary/aromatic N) is 2. The number of anilines is 1. The molecule has 0 radical (unpaired) electrons. The molecule has 1 aliphatic rings. The number of rotatable bonds is 6. The molecule has 1 aliphatic heterocycles. The van der Waals surface area contributed by atoms with Crippen LogP contribution in [0.15, 0.2) is 42.5 Å². The summed E-state index contributed by atoms with van der Waals surface area (Å²) in [5.74, 6) is 0. The van der Waals surface area contributed by atoms with Crippen molar-refractivity contribution in [3.63, 3.8) is 0 Å². The first-order chi connectivity index (χ1) is 19.4. The minimum Gasteiger partial charge on any atom is -0.453 e. The van der Waals surface area contributed by atoms with Gasteiger partial charge in [0.2, 0.25) is 0 Å². The Morgan fingerprint density at radius 2 is 1.57 bits per heavy atom. The quantitative estimate of drug-likeness (QED) is 0.351. The Hall–Kier alpha value is -3.69. The van der Waals surface area contributed by atoms with Gasteiger partial charge in [0.1, 0.15) is 12.1 Å². The van der Waals surface area contributed by atoms with Crippen molar-refractivity contribution < 1.29 is 63.7 Å². The molecule has 0 aliphatic carbocycles. The Morgan fingerprint density at radius 3 is 2.05 bits per heavy atom. The number of carbonyl (C=O) groups excluding carboxylic acids is 2. The molecule has 42 heavy (non-hydrogen) atoms. The van der Waals surface area contributed by atoms with Gasteiger partial charge in [0.05, 0.1) is 36.6 Å². The van der Waals surface area contributed by atoms with E-state index in [1.807, 2.05) is 0 Å². The van der Waals surface area contributed by atoms with Gasteiger partial charge in [-0.15, -0.1) is 0 Å². The molecule has 2 aromatic rings. The van der Waals surface area contributed by atoms with E-state index in [1.54, 1.807) is 0 Å². The third-order valence-electron chi connectivity index (χ3n) is 6.89. The van der Waals surface area contributed by atoms with Crippen LogP contribution in [0.2, 0.25) is 0 Å². The number of alkyl halides is 9. The van der Waals surface area contributed by atoms with Crippen LogP contribution in [0.25, 0.3) is 0 Å². The number of carbonyl (C=O) groups is 2. The van der Waals surface area contributed by atoms with Gasteiger partial charge in [-0.25, -0.2) is 9.59 Å². The van der Waals surface area contributed by atoms with Crippen molar-refractivity contribution in [2.24, 2.45) is 0 Å². The highest BCUT2D eigenvalue weighted by molar-refractivity contribution is 5.92. The number of halogens is 9. The summed E-state index contributed by atoms with van der Waals surface area (Å²) in [6, 6.07) is 3.98. The van der Waals surface area contributed by atoms with Gasteiger partial charge >= 0.3 is 30.7 Å². The standard InChI is InChI=1S/C26H25F9N2O5/c1-3-23(26(33,34)35)13-20(18-6-4-5-7-19(18)37(23)22(40)42-9-8-38)36(21(39)41-2)14-15-10-16(24(27,28)29)12-17(11-15)25(30,31)32/h4-7,10-12,20,38H,3,8-9,13-14H2,1-2H3/t20-,23+/m0/s1. The van der Waals surface area contributed by atoms with Crippen LogP contribution in [0.5, 0.6) is 0 Å². The summed E-state index contributed by atoms with van der Waals surface area (Å²) < 4.78 is 135. The van der Waals surface area contributed by atoms with E-state index >= 15 is 0 Å². The first-order valence-electron chi connectivity index (χ1n) is 12.3. The van der Waals surface area contributed by atoms with Crippen LogP contribution in [0.4, 0.5) is 54.8 Å². The number of hydrogen-bond donors (Lipinski definition) is 1. The molecule has 0 aromatic heterocycles. The minimum atomic E-state index is -5.22. The maximum atomic E-state index is 14.9. The maximum absolute atomic E-state index is 14.9. The summed E-state index contributed by atoms with van der Waals surface area (Å²) in [7, 11) is 0.840. The molecule has 1 heterocycles. The van der Waals surface area contributed by atoms with Crippen LogP contribution < -0.4 is 4.90 Å². The average Bonchev–Trinajstić information content (AvgIpc) is 2.91. The molecule has 0 spiro atoms. The molecule has 0 fully saturated rings. The van der Waals surface area contributed by atoms with Gasteiger partial charge in [-0.1, -0.05) is 25.1 Å². The van der Waals surface area contributed by atoms with Crippen molar-refractivity contribution in [2.45, 2.75) is 56.4 Å². The first-order valence-corrected chi connectivity index (χ1v) is 12.3. The molecule has 16 heteroatoms. The van der Waals surface area contributed by atoms with Crippen LogP contribution in [0.3, 0.4) is 0 Å². The fraction of sp³-hybridized carbons (Fsp3) is 0.462. The molecule has 0 saturated heterocycles. The number of hydrogen-bond acceptors (Lipinski definition) is 5. The number of aliphatic hydroxyl groups is 1. The van der Waals surface area contributed by atoms with Crippen molar-refractivity contribution in [1.29, 1.82) is 0 Å². The highest BCUT2D eigenvalue weighted by Gasteiger charge is 2.63. The minimum absolute atomic E-state index is 0.0832. The second-order valence-corrected chi connectivity index (χ2v) is 9.35. The van der Waals surface area contributed by atoms with E-state index in [2.05, 4.69) is 0 Å². The monoisotopic (exact) mass is 616 g/mol. The fourth-order valence-corrected chi connectivity index (χ4v) is 4.95. The number of ether oxygens (including phenoxy) is 2. The van der Waals surface area contributed by atoms with Crippen LogP contribution in [-0.4, -0.2) is 54.2 Å². The zero-order valence-corrected chi connectivity index (χ0v) is 22.0. The van der Waals surface area contributed by atoms with Gasteiger partial charge in [0, 0.05) is 13.0 Å². The van der Waals surface area contributed by atoms with Gasteiger partial charge in [0.15, 0.2) is 0 Å². The largest absolute Gasteiger partial charge is 0.453 e. The van der Waals surface area contributed by atoms with Crippen molar-refractivity contribution >= 4 is 17.9 Å². The molecule has 0 saturated carbocycles. The van der Waals surface area contributed by atoms with Crippen LogP contribution in [0.1, 0.15) is 48.1 Å². The molecule has 7 nitrogen and oxygen atoms in total. The van der Waals surface area contributed by atoms with Crippen molar-refractivity contribution in [3.05, 3.63) is 64.7 Å². The second kappa shape index (κ2) is 11.9. The Kier molecular flexibility index (Phi) is 9.29. The summed E-state index contributed by atoms with van der Waals surface area (Å²) in [6.45, 7) is -1.23. The Balaban J connectivity index is 2.25. The van der Waals surface area contributed by atoms with E-state index in [1.165, 1.54) is 18.2 Å². The Labute approximate surface area is 233 Å². The Morgan fingerprint density at radius 1 is 1.00 bits per heavy atom. The molecule has 232 valence electrons. The number of methoxy groups -OCH3 is 1. The molecule has 0 bridgehead atoms. The maximum Gasteiger partial charge on any atom is 0.416 e. The van der Waals surface area contributed by atoms with E-state index < -0.39 is 91.6 Å². The van der Waals surface area contributed by atoms with Crippen molar-refractivity contribution in [2.75, 3.05) is 25.2 Å². The van der Waals surface area contributed by atoms with E-state index in [4.69, 9.17) is 14.6 Å². The predicted octanol–water partition coefficient (Wildman–Crippen LogP) is 7.08. The number of fused-ring (bicyclic) bond motifs is 1. The van der Waals surface area contributed by atoms with E-state index in [0.29, 0.717) is 21.9 Å². The normalized spacial score (nSPS) is 19.2. The summed E-state index contributed by atoms with van der Waals surface area (Å²) in [5, 5.41) is 9.02. The molecule has 0 unspecified atom stereocenters. The lowest BCUT2D eigenvalue weighted by molar-refractivity contribution is -0.194. The van der Waals surface area contributed by atoms with Crippen LogP contribution >= 0.6 is 0 Å². The topological polar surface area (TPSA) is 79.3 Å².